The molecule has 84 valence electrons. The molecule has 16 heavy (non-hydrogen) atoms. The van der Waals surface area contributed by atoms with Crippen LogP contribution in [0.15, 0.2) is 24.3 Å². The van der Waals surface area contributed by atoms with E-state index in [1.54, 1.807) is 0 Å². The van der Waals surface area contributed by atoms with Gasteiger partial charge >= 0.3 is 0 Å². The lowest BCUT2D eigenvalue weighted by Gasteiger charge is -2.36. The average molecular weight is 215 g/mol. The summed E-state index contributed by atoms with van der Waals surface area (Å²) in [7, 11) is 0. The van der Waals surface area contributed by atoms with Gasteiger partial charge in [-0.3, -0.25) is 4.79 Å². The molecule has 0 N–H and O–H groups in total. The fourth-order valence-electron chi connectivity index (χ4n) is 3.11. The zero-order valence-corrected chi connectivity index (χ0v) is 9.65. The van der Waals surface area contributed by atoms with Crippen molar-refractivity contribution in [2.45, 2.75) is 44.7 Å². The van der Waals surface area contributed by atoms with Gasteiger partial charge in [-0.1, -0.05) is 17.7 Å². The van der Waals surface area contributed by atoms with Gasteiger partial charge in [0.1, 0.15) is 5.78 Å². The molecular formula is C14H17NO. The monoisotopic (exact) mass is 215 g/mol. The van der Waals surface area contributed by atoms with E-state index in [1.807, 2.05) is 0 Å². The molecule has 1 aromatic rings. The summed E-state index contributed by atoms with van der Waals surface area (Å²) in [4.78, 5) is 14.0. The first-order valence-corrected chi connectivity index (χ1v) is 6.11. The van der Waals surface area contributed by atoms with Gasteiger partial charge in [-0.2, -0.15) is 0 Å². The minimum Gasteiger partial charge on any atom is -0.365 e. The summed E-state index contributed by atoms with van der Waals surface area (Å²) in [6.07, 6.45) is 3.88. The summed E-state index contributed by atoms with van der Waals surface area (Å²) >= 11 is 0. The first-order valence-electron chi connectivity index (χ1n) is 6.11. The molecule has 0 spiro atoms. The number of nitrogens with zero attached hydrogens (tertiary/aromatic N) is 1. The van der Waals surface area contributed by atoms with Crippen molar-refractivity contribution in [3.63, 3.8) is 0 Å². The first-order chi connectivity index (χ1) is 7.74. The maximum absolute atomic E-state index is 11.5. The fraction of sp³-hybridized carbons (Fsp3) is 0.500. The number of ketones is 1. The number of rotatable bonds is 1. The molecule has 1 aromatic carbocycles. The van der Waals surface area contributed by atoms with Gasteiger partial charge in [0.05, 0.1) is 0 Å². The molecule has 0 aromatic heterocycles. The Balaban J connectivity index is 1.90. The van der Waals surface area contributed by atoms with Gasteiger partial charge in [0.25, 0.3) is 0 Å². The van der Waals surface area contributed by atoms with Gasteiger partial charge in [-0.05, 0) is 31.9 Å². The molecule has 2 bridgehead atoms. The SMILES string of the molecule is Cc1ccc(N2[C@@H]3CC[C@H]2CC(=O)C3)cc1. The number of carbonyl (C=O) groups excluding carboxylic acids is 1. The molecular weight excluding hydrogens is 198 g/mol. The Bertz CT molecular complexity index is 393. The molecule has 0 radical (unpaired) electrons. The van der Waals surface area contributed by atoms with Crippen LogP contribution in [0.2, 0.25) is 0 Å². The lowest BCUT2D eigenvalue weighted by Crippen LogP contribution is -2.43. The van der Waals surface area contributed by atoms with E-state index in [-0.39, 0.29) is 0 Å². The number of fused-ring (bicyclic) bond motifs is 2. The minimum absolute atomic E-state index is 0.455. The molecule has 0 aliphatic carbocycles. The lowest BCUT2D eigenvalue weighted by molar-refractivity contribution is -0.120. The maximum Gasteiger partial charge on any atom is 0.137 e. The van der Waals surface area contributed by atoms with Crippen LogP contribution in [0.5, 0.6) is 0 Å². The van der Waals surface area contributed by atoms with Crippen molar-refractivity contribution in [1.29, 1.82) is 0 Å². The Morgan fingerprint density at radius 3 is 2.19 bits per heavy atom. The van der Waals surface area contributed by atoms with Gasteiger partial charge in [-0.15, -0.1) is 0 Å². The van der Waals surface area contributed by atoms with Crippen LogP contribution in [0.25, 0.3) is 0 Å². The van der Waals surface area contributed by atoms with Crippen molar-refractivity contribution in [2.24, 2.45) is 0 Å². The standard InChI is InChI=1S/C14H17NO/c1-10-2-4-11(5-3-10)15-12-6-7-13(15)9-14(16)8-12/h2-5,12-13H,6-9H2,1H3/t12-,13+. The second-order valence-electron chi connectivity index (χ2n) is 5.07. The van der Waals surface area contributed by atoms with E-state index in [1.165, 1.54) is 24.1 Å². The molecule has 2 heteroatoms. The molecule has 2 nitrogen and oxygen atoms in total. The third kappa shape index (κ3) is 1.53. The lowest BCUT2D eigenvalue weighted by atomic mass is 10.0. The van der Waals surface area contributed by atoms with E-state index in [0.29, 0.717) is 17.9 Å². The van der Waals surface area contributed by atoms with Crippen LogP contribution < -0.4 is 4.90 Å². The first kappa shape index (κ1) is 9.88. The van der Waals surface area contributed by atoms with Crippen LogP contribution in [-0.2, 0) is 4.79 Å². The highest BCUT2D eigenvalue weighted by molar-refractivity contribution is 5.83. The van der Waals surface area contributed by atoms with E-state index >= 15 is 0 Å². The van der Waals surface area contributed by atoms with Gasteiger partial charge < -0.3 is 4.90 Å². The second kappa shape index (κ2) is 3.62. The van der Waals surface area contributed by atoms with Crippen LogP contribution in [0.1, 0.15) is 31.2 Å². The Kier molecular flexibility index (Phi) is 2.23. The normalized spacial score (nSPS) is 28.6. The third-order valence-corrected chi connectivity index (χ3v) is 3.88. The minimum atomic E-state index is 0.455. The van der Waals surface area contributed by atoms with E-state index < -0.39 is 0 Å². The number of anilines is 1. The molecule has 0 amide bonds. The number of aryl methyl sites for hydroxylation is 1. The Morgan fingerprint density at radius 2 is 1.62 bits per heavy atom. The van der Waals surface area contributed by atoms with Crippen molar-refractivity contribution in [2.75, 3.05) is 4.90 Å². The van der Waals surface area contributed by atoms with Crippen molar-refractivity contribution in [1.82, 2.24) is 0 Å². The number of carbonyl (C=O) groups is 1. The number of Topliss-reactive ketones (excluding diaryl/α,β-unsaturated/α-hetero) is 1. The van der Waals surface area contributed by atoms with E-state index in [4.69, 9.17) is 0 Å². The maximum atomic E-state index is 11.5. The molecule has 2 aliphatic heterocycles. The zero-order chi connectivity index (χ0) is 11.1. The molecule has 2 aliphatic rings. The van der Waals surface area contributed by atoms with E-state index in [2.05, 4.69) is 36.1 Å². The predicted octanol–water partition coefficient (Wildman–Crippen LogP) is 2.70. The topological polar surface area (TPSA) is 20.3 Å². The van der Waals surface area contributed by atoms with Gasteiger partial charge in [0.2, 0.25) is 0 Å². The summed E-state index contributed by atoms with van der Waals surface area (Å²) in [5.41, 5.74) is 2.59. The molecule has 2 heterocycles. The van der Waals surface area contributed by atoms with Crippen LogP contribution in [0.3, 0.4) is 0 Å². The second-order valence-corrected chi connectivity index (χ2v) is 5.07. The van der Waals surface area contributed by atoms with E-state index in [9.17, 15) is 4.79 Å². The highest BCUT2D eigenvalue weighted by atomic mass is 16.1. The number of benzene rings is 1. The van der Waals surface area contributed by atoms with Crippen molar-refractivity contribution < 1.29 is 4.79 Å². The number of hydrogen-bond acceptors (Lipinski definition) is 2. The Labute approximate surface area is 96.3 Å². The summed E-state index contributed by atoms with van der Waals surface area (Å²) in [6.45, 7) is 2.11. The summed E-state index contributed by atoms with van der Waals surface area (Å²) < 4.78 is 0. The molecule has 2 fully saturated rings. The highest BCUT2D eigenvalue weighted by Crippen LogP contribution is 2.37. The van der Waals surface area contributed by atoms with Crippen LogP contribution in [0, 0.1) is 6.92 Å². The molecule has 3 rings (SSSR count). The zero-order valence-electron chi connectivity index (χ0n) is 9.65. The highest BCUT2D eigenvalue weighted by Gasteiger charge is 2.39. The van der Waals surface area contributed by atoms with E-state index in [0.717, 1.165) is 12.8 Å². The predicted molar refractivity (Wildman–Crippen MR) is 64.7 cm³/mol. The molecule has 2 atom stereocenters. The third-order valence-electron chi connectivity index (χ3n) is 3.88. The van der Waals surface area contributed by atoms with Gasteiger partial charge in [-0.25, -0.2) is 0 Å². The summed E-state index contributed by atoms with van der Waals surface area (Å²) in [6, 6.07) is 9.63. The smallest absolute Gasteiger partial charge is 0.137 e. The van der Waals surface area contributed by atoms with Crippen LogP contribution >= 0.6 is 0 Å². The Morgan fingerprint density at radius 1 is 1.06 bits per heavy atom. The molecule has 2 saturated heterocycles. The largest absolute Gasteiger partial charge is 0.365 e. The molecule has 0 unspecified atom stereocenters. The van der Waals surface area contributed by atoms with Crippen LogP contribution in [-0.4, -0.2) is 17.9 Å². The van der Waals surface area contributed by atoms with Gasteiger partial charge in [0.15, 0.2) is 0 Å². The van der Waals surface area contributed by atoms with Crippen molar-refractivity contribution in [3.05, 3.63) is 29.8 Å². The average Bonchev–Trinajstić information content (AvgIpc) is 2.54. The summed E-state index contributed by atoms with van der Waals surface area (Å²) in [5.74, 6) is 0.455. The van der Waals surface area contributed by atoms with Crippen molar-refractivity contribution >= 4 is 11.5 Å². The molecule has 0 saturated carbocycles. The van der Waals surface area contributed by atoms with Crippen LogP contribution in [0.4, 0.5) is 5.69 Å². The number of hydrogen-bond donors (Lipinski definition) is 0. The summed E-state index contributed by atoms with van der Waals surface area (Å²) in [5, 5.41) is 0. The Hall–Kier alpha value is -1.31. The fourth-order valence-corrected chi connectivity index (χ4v) is 3.11. The van der Waals surface area contributed by atoms with Crippen molar-refractivity contribution in [3.8, 4) is 0 Å². The van der Waals surface area contributed by atoms with Gasteiger partial charge in [0, 0.05) is 30.6 Å². The quantitative estimate of drug-likeness (QED) is 0.718. The number of piperidine rings is 1.